The lowest BCUT2D eigenvalue weighted by molar-refractivity contribution is 0.194. The summed E-state index contributed by atoms with van der Waals surface area (Å²) in [4.78, 5) is 21.7. The van der Waals surface area contributed by atoms with E-state index in [1.54, 1.807) is 0 Å². The van der Waals surface area contributed by atoms with Gasteiger partial charge in [0.2, 0.25) is 0 Å². The molecule has 8 heteroatoms. The molecule has 62 heavy (non-hydrogen) atoms. The highest BCUT2D eigenvalue weighted by molar-refractivity contribution is 7.43. The summed E-state index contributed by atoms with van der Waals surface area (Å²) < 4.78 is 19.7. The third-order valence-corrected chi connectivity index (χ3v) is 13.2. The second kappa shape index (κ2) is 23.8. The molecule has 0 aliphatic rings. The van der Waals surface area contributed by atoms with Crippen LogP contribution >= 0.6 is 17.2 Å². The van der Waals surface area contributed by atoms with Gasteiger partial charge in [0.15, 0.2) is 0 Å². The van der Waals surface area contributed by atoms with Crippen molar-refractivity contribution in [2.24, 2.45) is 50.2 Å². The van der Waals surface area contributed by atoms with Crippen LogP contribution in [0.5, 0.6) is 17.2 Å². The molecule has 0 bridgehead atoms. The van der Waals surface area contributed by atoms with E-state index >= 15 is 0 Å². The van der Waals surface area contributed by atoms with Gasteiger partial charge in [-0.05, 0) is 161 Å². The normalized spacial score (nSPS) is 15.0. The van der Waals surface area contributed by atoms with E-state index in [1.165, 1.54) is 55.2 Å². The van der Waals surface area contributed by atoms with Crippen LogP contribution in [0.3, 0.4) is 0 Å². The van der Waals surface area contributed by atoms with Gasteiger partial charge in [-0.3, -0.25) is 0 Å². The minimum atomic E-state index is -2.62. The highest BCUT2D eigenvalue weighted by Crippen LogP contribution is 2.44. The molecule has 3 N–H and O–H groups in total. The monoisotopic (exact) mass is 897 g/mol. The smallest absolute Gasteiger partial charge is 0.409 e. The first-order valence-electron chi connectivity index (χ1n) is 23.2. The lowest BCUT2D eigenvalue weighted by atomic mass is 9.72. The van der Waals surface area contributed by atoms with E-state index in [9.17, 15) is 0 Å². The Bertz CT molecular complexity index is 1480. The minimum absolute atomic E-state index is 0.238. The summed E-state index contributed by atoms with van der Waals surface area (Å²) in [5.74, 6) is 4.06. The van der Waals surface area contributed by atoms with Crippen LogP contribution in [0.15, 0.2) is 72.8 Å². The molecule has 0 saturated heterocycles. The maximum absolute atomic E-state index is 7.23. The minimum Gasteiger partial charge on any atom is -0.409 e. The van der Waals surface area contributed by atoms with Crippen molar-refractivity contribution in [2.45, 2.75) is 182 Å². The summed E-state index contributed by atoms with van der Waals surface area (Å²) in [6.45, 7) is 42.5. The fourth-order valence-corrected chi connectivity index (χ4v) is 8.57. The van der Waals surface area contributed by atoms with Gasteiger partial charge in [0.05, 0.1) is 0 Å². The Morgan fingerprint density at radius 3 is 0.726 bits per heavy atom. The number of rotatable bonds is 18. The van der Waals surface area contributed by atoms with E-state index in [0.29, 0.717) is 34.0 Å². The number of hydrogen-bond donors (Lipinski definition) is 3. The Balaban J connectivity index is 0.00000316. The highest BCUT2D eigenvalue weighted by atomic mass is 31.2. The molecule has 0 saturated carbocycles. The zero-order valence-electron chi connectivity index (χ0n) is 42.5. The molecule has 352 valence electrons. The first-order valence-corrected chi connectivity index (χ1v) is 25.5. The van der Waals surface area contributed by atoms with Gasteiger partial charge in [-0.2, -0.15) is 0 Å². The SMILES string of the molecule is CC(C)(C)CCC(Cc1ccc(OP(Oc2ccc(CC(CCC(C)(C)C)C(C)(C)C)cc2)Oc2ccc(CC(CCC(C)(C)C)C(C)(C)C)cc2)cc1)C(C)(C)C.OP(O)O. The van der Waals surface area contributed by atoms with Crippen LogP contribution in [-0.2, 0) is 19.3 Å². The first-order chi connectivity index (χ1) is 28.2. The van der Waals surface area contributed by atoms with Gasteiger partial charge in [0, 0.05) is 0 Å². The third-order valence-electron chi connectivity index (χ3n) is 12.2. The largest absolute Gasteiger partial charge is 0.530 e. The van der Waals surface area contributed by atoms with Crippen molar-refractivity contribution in [3.63, 3.8) is 0 Å². The summed E-state index contributed by atoms with van der Waals surface area (Å²) in [7, 11) is -4.40. The van der Waals surface area contributed by atoms with Crippen LogP contribution in [0.2, 0.25) is 0 Å². The zero-order chi connectivity index (χ0) is 47.3. The lowest BCUT2D eigenvalue weighted by Gasteiger charge is -2.33. The molecule has 3 unspecified atom stereocenters. The summed E-state index contributed by atoms with van der Waals surface area (Å²) in [6, 6.07) is 25.8. The van der Waals surface area contributed by atoms with Gasteiger partial charge in [-0.15, -0.1) is 0 Å². The second-order valence-electron chi connectivity index (χ2n) is 24.8. The van der Waals surface area contributed by atoms with Gasteiger partial charge in [-0.25, -0.2) is 0 Å². The number of benzene rings is 3. The molecule has 0 amide bonds. The Morgan fingerprint density at radius 1 is 0.371 bits per heavy atom. The molecule has 0 spiro atoms. The molecule has 0 aliphatic carbocycles. The van der Waals surface area contributed by atoms with E-state index in [-0.39, 0.29) is 16.2 Å². The molecular weight excluding hydrogens is 807 g/mol. The van der Waals surface area contributed by atoms with Crippen molar-refractivity contribution >= 4 is 17.2 Å². The standard InChI is InChI=1S/C54H87O3P.H3O3P/c1-49(2,3)34-31-43(52(10,11)12)37-40-19-25-46(26-20-40)55-58(56-47-27-21-41(22-28-47)38-44(53(13,14)15)32-35-50(4,5)6)57-48-29-23-42(24-30-48)39-45(54(16,17)18)33-36-51(7,8)9;1-4(2)3/h19-30,43-45H,31-39H2,1-18H3;1-3H. The maximum atomic E-state index is 7.23. The van der Waals surface area contributed by atoms with Gasteiger partial charge in [-0.1, -0.05) is 161 Å². The molecule has 3 aromatic rings. The molecule has 3 rings (SSSR count). The summed E-state index contributed by atoms with van der Waals surface area (Å²) in [6.07, 6.45) is 10.5. The van der Waals surface area contributed by atoms with Crippen molar-refractivity contribution in [3.05, 3.63) is 89.5 Å². The topological polar surface area (TPSA) is 88.4 Å². The van der Waals surface area contributed by atoms with Crippen molar-refractivity contribution in [1.82, 2.24) is 0 Å². The second-order valence-corrected chi connectivity index (χ2v) is 26.3. The summed E-state index contributed by atoms with van der Waals surface area (Å²) >= 11 is 0. The van der Waals surface area contributed by atoms with Crippen molar-refractivity contribution < 1.29 is 28.3 Å². The fraction of sp³-hybridized carbons (Fsp3) is 0.667. The Kier molecular flexibility index (Phi) is 21.5. The van der Waals surface area contributed by atoms with Crippen LogP contribution < -0.4 is 13.6 Å². The average molecular weight is 897 g/mol. The van der Waals surface area contributed by atoms with Crippen LogP contribution in [0.1, 0.15) is 180 Å². The van der Waals surface area contributed by atoms with E-state index in [4.69, 9.17) is 28.3 Å². The summed E-state index contributed by atoms with van der Waals surface area (Å²) in [5.41, 5.74) is 5.73. The van der Waals surface area contributed by atoms with E-state index < -0.39 is 17.2 Å². The van der Waals surface area contributed by atoms with Crippen LogP contribution in [0.4, 0.5) is 0 Å². The predicted octanol–water partition coefficient (Wildman–Crippen LogP) is 16.7. The van der Waals surface area contributed by atoms with Gasteiger partial charge < -0.3 is 28.3 Å². The molecule has 0 aromatic heterocycles. The molecule has 3 aromatic carbocycles. The van der Waals surface area contributed by atoms with E-state index in [1.807, 2.05) is 0 Å². The van der Waals surface area contributed by atoms with Crippen molar-refractivity contribution in [1.29, 1.82) is 0 Å². The summed E-state index contributed by atoms with van der Waals surface area (Å²) in [5, 5.41) is 0. The van der Waals surface area contributed by atoms with Crippen LogP contribution in [0.25, 0.3) is 0 Å². The molecule has 0 radical (unpaired) electrons. The van der Waals surface area contributed by atoms with E-state index in [2.05, 4.69) is 197 Å². The predicted molar refractivity (Wildman–Crippen MR) is 268 cm³/mol. The lowest BCUT2D eigenvalue weighted by Crippen LogP contribution is -2.24. The average Bonchev–Trinajstić information content (AvgIpc) is 3.09. The molecular formula is C54H90O6P2. The molecule has 6 nitrogen and oxygen atoms in total. The van der Waals surface area contributed by atoms with Crippen molar-refractivity contribution in [2.75, 3.05) is 0 Å². The first kappa shape index (κ1) is 55.9. The maximum Gasteiger partial charge on any atom is 0.530 e. The third kappa shape index (κ3) is 24.2. The van der Waals surface area contributed by atoms with Crippen LogP contribution in [0, 0.1) is 50.2 Å². The molecule has 3 atom stereocenters. The molecule has 0 fully saturated rings. The van der Waals surface area contributed by atoms with Gasteiger partial charge >= 0.3 is 17.2 Å². The van der Waals surface area contributed by atoms with Gasteiger partial charge in [0.25, 0.3) is 0 Å². The Labute approximate surface area is 383 Å². The Hall–Kier alpha value is -2.20. The highest BCUT2D eigenvalue weighted by Gasteiger charge is 2.30. The Morgan fingerprint density at radius 2 is 0.565 bits per heavy atom. The van der Waals surface area contributed by atoms with Crippen molar-refractivity contribution in [3.8, 4) is 17.2 Å². The van der Waals surface area contributed by atoms with Gasteiger partial charge in [0.1, 0.15) is 17.2 Å². The quantitative estimate of drug-likeness (QED) is 0.110. The fourth-order valence-electron chi connectivity index (χ4n) is 7.57. The number of hydrogen-bond acceptors (Lipinski definition) is 6. The zero-order valence-corrected chi connectivity index (χ0v) is 44.3. The molecule has 0 heterocycles. The van der Waals surface area contributed by atoms with E-state index in [0.717, 1.165) is 36.5 Å². The van der Waals surface area contributed by atoms with Crippen LogP contribution in [-0.4, -0.2) is 14.7 Å². The molecule has 0 aliphatic heterocycles.